The zero-order valence-corrected chi connectivity index (χ0v) is 7.25. The van der Waals surface area contributed by atoms with Crippen LogP contribution < -0.4 is 5.32 Å². The van der Waals surface area contributed by atoms with Crippen molar-refractivity contribution in [2.24, 2.45) is 17.8 Å². The van der Waals surface area contributed by atoms with Crippen molar-refractivity contribution in [3.8, 4) is 0 Å². The first kappa shape index (κ1) is 6.93. The maximum absolute atomic E-state index is 11.4. The molecule has 4 unspecified atom stereocenters. The SMILES string of the molecule is O=C1NC2CCCCC2C2CC12. The van der Waals surface area contributed by atoms with Crippen molar-refractivity contribution in [3.05, 3.63) is 0 Å². The standard InChI is InChI=1S/C10H15NO/c12-10-8-5-7(8)6-3-1-2-4-9(6)11-10/h6-9H,1-5H2,(H,11,12). The Balaban J connectivity index is 1.81. The fraction of sp³-hybridized carbons (Fsp3) is 0.900. The highest BCUT2D eigenvalue weighted by molar-refractivity contribution is 5.83. The molecule has 3 aliphatic rings. The first-order chi connectivity index (χ1) is 5.86. The van der Waals surface area contributed by atoms with E-state index in [1.54, 1.807) is 0 Å². The minimum Gasteiger partial charge on any atom is -0.353 e. The lowest BCUT2D eigenvalue weighted by molar-refractivity contribution is -0.126. The fourth-order valence-electron chi connectivity index (χ4n) is 3.13. The molecule has 4 atom stereocenters. The van der Waals surface area contributed by atoms with Gasteiger partial charge in [-0.15, -0.1) is 0 Å². The lowest BCUT2D eigenvalue weighted by Gasteiger charge is -2.35. The summed E-state index contributed by atoms with van der Waals surface area (Å²) >= 11 is 0. The number of hydrogen-bond donors (Lipinski definition) is 1. The van der Waals surface area contributed by atoms with Crippen LogP contribution in [0.4, 0.5) is 0 Å². The molecule has 2 heteroatoms. The Morgan fingerprint density at radius 2 is 2.00 bits per heavy atom. The number of fused-ring (bicyclic) bond motifs is 3. The highest BCUT2D eigenvalue weighted by Gasteiger charge is 2.54. The molecule has 1 aliphatic heterocycles. The predicted octanol–water partition coefficient (Wildman–Crippen LogP) is 1.31. The monoisotopic (exact) mass is 165 g/mol. The van der Waals surface area contributed by atoms with Crippen LogP contribution in [0.1, 0.15) is 32.1 Å². The van der Waals surface area contributed by atoms with Crippen LogP contribution >= 0.6 is 0 Å². The summed E-state index contributed by atoms with van der Waals surface area (Å²) < 4.78 is 0. The molecule has 0 aromatic heterocycles. The summed E-state index contributed by atoms with van der Waals surface area (Å²) in [5, 5.41) is 3.17. The largest absolute Gasteiger partial charge is 0.353 e. The van der Waals surface area contributed by atoms with E-state index in [0.29, 0.717) is 17.9 Å². The Morgan fingerprint density at radius 3 is 2.92 bits per heavy atom. The molecular formula is C10H15NO. The highest BCUT2D eigenvalue weighted by Crippen LogP contribution is 2.52. The molecule has 2 aliphatic carbocycles. The van der Waals surface area contributed by atoms with Crippen LogP contribution in [0, 0.1) is 17.8 Å². The van der Waals surface area contributed by atoms with E-state index in [1.165, 1.54) is 32.1 Å². The molecule has 12 heavy (non-hydrogen) atoms. The van der Waals surface area contributed by atoms with Gasteiger partial charge < -0.3 is 5.32 Å². The van der Waals surface area contributed by atoms with Gasteiger partial charge in [0.25, 0.3) is 0 Å². The third kappa shape index (κ3) is 0.838. The summed E-state index contributed by atoms with van der Waals surface area (Å²) in [6.07, 6.45) is 6.50. The van der Waals surface area contributed by atoms with Crippen molar-refractivity contribution in [2.45, 2.75) is 38.1 Å². The van der Waals surface area contributed by atoms with E-state index < -0.39 is 0 Å². The Kier molecular flexibility index (Phi) is 1.29. The number of hydrogen-bond acceptors (Lipinski definition) is 1. The molecule has 3 rings (SSSR count). The molecule has 1 saturated heterocycles. The van der Waals surface area contributed by atoms with E-state index in [2.05, 4.69) is 5.32 Å². The molecule has 1 amide bonds. The van der Waals surface area contributed by atoms with Gasteiger partial charge in [0.2, 0.25) is 5.91 Å². The van der Waals surface area contributed by atoms with Gasteiger partial charge in [0.15, 0.2) is 0 Å². The Hall–Kier alpha value is -0.530. The van der Waals surface area contributed by atoms with Crippen molar-refractivity contribution in [2.75, 3.05) is 0 Å². The molecule has 0 aromatic carbocycles. The summed E-state index contributed by atoms with van der Waals surface area (Å²) in [5.41, 5.74) is 0. The van der Waals surface area contributed by atoms with Crippen molar-refractivity contribution in [1.29, 1.82) is 0 Å². The van der Waals surface area contributed by atoms with Gasteiger partial charge in [-0.1, -0.05) is 12.8 Å². The van der Waals surface area contributed by atoms with E-state index in [4.69, 9.17) is 0 Å². The summed E-state index contributed by atoms with van der Waals surface area (Å²) in [5.74, 6) is 2.40. The average molecular weight is 165 g/mol. The number of carbonyl (C=O) groups excluding carboxylic acids is 1. The van der Waals surface area contributed by atoms with E-state index in [-0.39, 0.29) is 0 Å². The van der Waals surface area contributed by atoms with E-state index in [0.717, 1.165) is 11.8 Å². The van der Waals surface area contributed by atoms with Gasteiger partial charge in [0.05, 0.1) is 0 Å². The van der Waals surface area contributed by atoms with Crippen molar-refractivity contribution >= 4 is 5.91 Å². The molecular weight excluding hydrogens is 150 g/mol. The summed E-state index contributed by atoms with van der Waals surface area (Å²) in [7, 11) is 0. The molecule has 1 heterocycles. The first-order valence-electron chi connectivity index (χ1n) is 5.16. The average Bonchev–Trinajstić information content (AvgIpc) is 2.84. The highest BCUT2D eigenvalue weighted by atomic mass is 16.2. The molecule has 66 valence electrons. The van der Waals surface area contributed by atoms with Gasteiger partial charge in [-0.2, -0.15) is 0 Å². The normalized spacial score (nSPS) is 50.5. The lowest BCUT2D eigenvalue weighted by atomic mass is 9.79. The van der Waals surface area contributed by atoms with E-state index >= 15 is 0 Å². The van der Waals surface area contributed by atoms with Crippen LogP contribution in [0.15, 0.2) is 0 Å². The van der Waals surface area contributed by atoms with Crippen molar-refractivity contribution in [1.82, 2.24) is 5.32 Å². The molecule has 2 nitrogen and oxygen atoms in total. The second kappa shape index (κ2) is 2.24. The number of nitrogens with one attached hydrogen (secondary N) is 1. The van der Waals surface area contributed by atoms with Gasteiger partial charge in [-0.3, -0.25) is 4.79 Å². The Bertz CT molecular complexity index is 226. The third-order valence-corrected chi connectivity index (χ3v) is 3.87. The first-order valence-corrected chi connectivity index (χ1v) is 5.16. The molecule has 0 aromatic rings. The van der Waals surface area contributed by atoms with Crippen molar-refractivity contribution < 1.29 is 4.79 Å². The van der Waals surface area contributed by atoms with Gasteiger partial charge >= 0.3 is 0 Å². The minimum atomic E-state index is 0.350. The fourth-order valence-corrected chi connectivity index (χ4v) is 3.13. The topological polar surface area (TPSA) is 29.1 Å². The Morgan fingerprint density at radius 1 is 1.17 bits per heavy atom. The van der Waals surface area contributed by atoms with Gasteiger partial charge in [0, 0.05) is 12.0 Å². The zero-order chi connectivity index (χ0) is 8.13. The maximum atomic E-state index is 11.4. The quantitative estimate of drug-likeness (QED) is 0.576. The van der Waals surface area contributed by atoms with Gasteiger partial charge in [0.1, 0.15) is 0 Å². The molecule has 1 N–H and O–H groups in total. The number of amides is 1. The lowest BCUT2D eigenvalue weighted by Crippen LogP contribution is -2.47. The van der Waals surface area contributed by atoms with Gasteiger partial charge in [-0.05, 0) is 31.1 Å². The molecule has 0 spiro atoms. The maximum Gasteiger partial charge on any atom is 0.223 e. The molecule has 0 radical (unpaired) electrons. The van der Waals surface area contributed by atoms with Crippen LogP contribution in [0.3, 0.4) is 0 Å². The number of rotatable bonds is 0. The smallest absolute Gasteiger partial charge is 0.223 e. The predicted molar refractivity (Wildman–Crippen MR) is 45.5 cm³/mol. The third-order valence-electron chi connectivity index (χ3n) is 3.87. The van der Waals surface area contributed by atoms with Crippen LogP contribution in [-0.4, -0.2) is 11.9 Å². The second-order valence-electron chi connectivity index (χ2n) is 4.57. The summed E-state index contributed by atoms with van der Waals surface area (Å²) in [6.45, 7) is 0. The van der Waals surface area contributed by atoms with Crippen molar-refractivity contribution in [3.63, 3.8) is 0 Å². The van der Waals surface area contributed by atoms with E-state index in [9.17, 15) is 4.79 Å². The number of carbonyl (C=O) groups is 1. The van der Waals surface area contributed by atoms with Crippen LogP contribution in [-0.2, 0) is 4.79 Å². The zero-order valence-electron chi connectivity index (χ0n) is 7.25. The van der Waals surface area contributed by atoms with Crippen LogP contribution in [0.5, 0.6) is 0 Å². The van der Waals surface area contributed by atoms with Crippen LogP contribution in [0.25, 0.3) is 0 Å². The summed E-state index contributed by atoms with van der Waals surface area (Å²) in [6, 6.07) is 0.551. The Labute approximate surface area is 72.7 Å². The van der Waals surface area contributed by atoms with Crippen LogP contribution in [0.2, 0.25) is 0 Å². The van der Waals surface area contributed by atoms with Gasteiger partial charge in [-0.25, -0.2) is 0 Å². The molecule has 3 fully saturated rings. The second-order valence-corrected chi connectivity index (χ2v) is 4.57. The summed E-state index contributed by atoms with van der Waals surface area (Å²) in [4.78, 5) is 11.4. The number of piperidine rings is 1. The molecule has 2 saturated carbocycles. The van der Waals surface area contributed by atoms with E-state index in [1.807, 2.05) is 0 Å². The molecule has 0 bridgehead atoms. The minimum absolute atomic E-state index is 0.350.